The van der Waals surface area contributed by atoms with Gasteiger partial charge in [0.25, 0.3) is 5.91 Å². The smallest absolute Gasteiger partial charge is 0.252 e. The van der Waals surface area contributed by atoms with Crippen molar-refractivity contribution >= 4 is 27.5 Å². The van der Waals surface area contributed by atoms with Gasteiger partial charge >= 0.3 is 0 Å². The van der Waals surface area contributed by atoms with Crippen LogP contribution >= 0.6 is 0 Å². The van der Waals surface area contributed by atoms with Crippen molar-refractivity contribution in [1.82, 2.24) is 4.31 Å². The molecular formula is C26H26N2O5S. The van der Waals surface area contributed by atoms with Crippen molar-refractivity contribution in [2.24, 2.45) is 0 Å². The fourth-order valence-corrected chi connectivity index (χ4v) is 5.60. The van der Waals surface area contributed by atoms with Gasteiger partial charge in [-0.25, -0.2) is 13.3 Å². The normalized spacial score (nSPS) is 16.3. The highest BCUT2D eigenvalue weighted by atomic mass is 32.2. The van der Waals surface area contributed by atoms with Gasteiger partial charge in [0.15, 0.2) is 0 Å². The Balaban J connectivity index is 1.68. The average molecular weight is 479 g/mol. The van der Waals surface area contributed by atoms with Gasteiger partial charge in [-0.3, -0.25) is 9.59 Å². The molecule has 1 heterocycles. The van der Waals surface area contributed by atoms with Crippen LogP contribution in [0.15, 0.2) is 83.8 Å². The largest absolute Gasteiger partial charge is 0.497 e. The molecule has 1 aliphatic rings. The van der Waals surface area contributed by atoms with E-state index in [1.165, 1.54) is 23.5 Å². The average Bonchev–Trinajstić information content (AvgIpc) is 3.13. The summed E-state index contributed by atoms with van der Waals surface area (Å²) in [5, 5.41) is 0. The number of imide groups is 1. The molecule has 1 aliphatic heterocycles. The highest BCUT2D eigenvalue weighted by Crippen LogP contribution is 2.30. The predicted octanol–water partition coefficient (Wildman–Crippen LogP) is 3.57. The first-order chi connectivity index (χ1) is 16.3. The van der Waals surface area contributed by atoms with E-state index in [-0.39, 0.29) is 17.9 Å². The number of aryl methyl sites for hydroxylation is 1. The van der Waals surface area contributed by atoms with Gasteiger partial charge in [-0.1, -0.05) is 48.0 Å². The standard InChI is InChI=1S/C26H26N2O5S/c1-19-8-14-23(15-9-19)34(31,32)27(17-16-20-6-4-3-5-7-20)24-18-25(29)28(26(24)30)21-10-12-22(33-2)13-11-21/h3-15,24H,16-18H2,1-2H3. The summed E-state index contributed by atoms with van der Waals surface area (Å²) in [4.78, 5) is 27.5. The monoisotopic (exact) mass is 478 g/mol. The van der Waals surface area contributed by atoms with Crippen molar-refractivity contribution in [3.05, 3.63) is 90.0 Å². The minimum absolute atomic E-state index is 0.0698. The molecule has 4 rings (SSSR count). The number of benzene rings is 3. The molecule has 2 amide bonds. The van der Waals surface area contributed by atoms with Gasteiger partial charge in [0, 0.05) is 6.54 Å². The summed E-state index contributed by atoms with van der Waals surface area (Å²) < 4.78 is 33.6. The second kappa shape index (κ2) is 9.79. The van der Waals surface area contributed by atoms with Crippen molar-refractivity contribution in [1.29, 1.82) is 0 Å². The Morgan fingerprint density at radius 1 is 0.941 bits per heavy atom. The minimum Gasteiger partial charge on any atom is -0.497 e. The highest BCUT2D eigenvalue weighted by molar-refractivity contribution is 7.89. The molecule has 0 spiro atoms. The van der Waals surface area contributed by atoms with E-state index >= 15 is 0 Å². The number of rotatable bonds is 8. The SMILES string of the molecule is COc1ccc(N2C(=O)CC(N(CCc3ccccc3)S(=O)(=O)c3ccc(C)cc3)C2=O)cc1. The van der Waals surface area contributed by atoms with E-state index in [0.29, 0.717) is 17.9 Å². The zero-order chi connectivity index (χ0) is 24.3. The molecule has 34 heavy (non-hydrogen) atoms. The van der Waals surface area contributed by atoms with E-state index in [1.807, 2.05) is 37.3 Å². The fraction of sp³-hybridized carbons (Fsp3) is 0.231. The molecule has 1 saturated heterocycles. The number of carbonyl (C=O) groups is 2. The molecule has 0 aromatic heterocycles. The molecule has 1 unspecified atom stereocenters. The molecule has 8 heteroatoms. The van der Waals surface area contributed by atoms with E-state index < -0.39 is 27.9 Å². The lowest BCUT2D eigenvalue weighted by Gasteiger charge is -2.27. The summed E-state index contributed by atoms with van der Waals surface area (Å²) in [6.07, 6.45) is 0.192. The molecule has 0 saturated carbocycles. The summed E-state index contributed by atoms with van der Waals surface area (Å²) in [6, 6.07) is 21.4. The molecular weight excluding hydrogens is 452 g/mol. The molecule has 0 radical (unpaired) electrons. The summed E-state index contributed by atoms with van der Waals surface area (Å²) >= 11 is 0. The van der Waals surface area contributed by atoms with Crippen LogP contribution < -0.4 is 9.64 Å². The topological polar surface area (TPSA) is 84.0 Å². The Morgan fingerprint density at radius 2 is 1.59 bits per heavy atom. The Morgan fingerprint density at radius 3 is 2.21 bits per heavy atom. The Bertz CT molecular complexity index is 1270. The zero-order valence-electron chi connectivity index (χ0n) is 19.0. The molecule has 0 aliphatic carbocycles. The van der Waals surface area contributed by atoms with E-state index in [2.05, 4.69) is 0 Å². The molecule has 0 bridgehead atoms. The lowest BCUT2D eigenvalue weighted by atomic mass is 10.1. The number of carbonyl (C=O) groups excluding carboxylic acids is 2. The van der Waals surface area contributed by atoms with Crippen LogP contribution in [0.2, 0.25) is 0 Å². The Kier molecular flexibility index (Phi) is 6.81. The van der Waals surface area contributed by atoms with Crippen LogP contribution in [0.3, 0.4) is 0 Å². The lowest BCUT2D eigenvalue weighted by Crippen LogP contribution is -2.46. The Labute approximate surface area is 199 Å². The van der Waals surface area contributed by atoms with Crippen LogP contribution in [0.25, 0.3) is 0 Å². The van der Waals surface area contributed by atoms with E-state index in [4.69, 9.17) is 4.74 Å². The highest BCUT2D eigenvalue weighted by Gasteiger charge is 2.46. The third-order valence-electron chi connectivity index (χ3n) is 5.89. The third-order valence-corrected chi connectivity index (χ3v) is 7.81. The number of nitrogens with zero attached hydrogens (tertiary/aromatic N) is 2. The van der Waals surface area contributed by atoms with Gasteiger partial charge < -0.3 is 4.74 Å². The van der Waals surface area contributed by atoms with Gasteiger partial charge in [-0.15, -0.1) is 0 Å². The first-order valence-electron chi connectivity index (χ1n) is 10.9. The van der Waals surface area contributed by atoms with E-state index in [9.17, 15) is 18.0 Å². The van der Waals surface area contributed by atoms with Crippen LogP contribution in [0.4, 0.5) is 5.69 Å². The second-order valence-corrected chi connectivity index (χ2v) is 10.0. The number of amides is 2. The van der Waals surface area contributed by atoms with Crippen molar-refractivity contribution in [3.8, 4) is 5.75 Å². The fourth-order valence-electron chi connectivity index (χ4n) is 4.02. The van der Waals surface area contributed by atoms with Gasteiger partial charge in [0.1, 0.15) is 11.8 Å². The van der Waals surface area contributed by atoms with Gasteiger partial charge in [-0.2, -0.15) is 4.31 Å². The first-order valence-corrected chi connectivity index (χ1v) is 12.4. The van der Waals surface area contributed by atoms with Gasteiger partial charge in [-0.05, 0) is 55.3 Å². The molecule has 0 N–H and O–H groups in total. The maximum Gasteiger partial charge on any atom is 0.252 e. The van der Waals surface area contributed by atoms with Crippen molar-refractivity contribution in [3.63, 3.8) is 0 Å². The summed E-state index contributed by atoms with van der Waals surface area (Å²) in [6.45, 7) is 1.94. The molecule has 7 nitrogen and oxygen atoms in total. The number of hydrogen-bond donors (Lipinski definition) is 0. The second-order valence-electron chi connectivity index (χ2n) is 8.15. The zero-order valence-corrected chi connectivity index (χ0v) is 19.9. The summed E-state index contributed by atoms with van der Waals surface area (Å²) in [5.74, 6) is -0.409. The number of ether oxygens (including phenoxy) is 1. The maximum atomic E-state index is 13.7. The summed E-state index contributed by atoms with van der Waals surface area (Å²) in [5.41, 5.74) is 2.25. The lowest BCUT2D eigenvalue weighted by molar-refractivity contribution is -0.122. The number of sulfonamides is 1. The van der Waals surface area contributed by atoms with Crippen LogP contribution in [-0.2, 0) is 26.0 Å². The number of hydrogen-bond acceptors (Lipinski definition) is 5. The maximum absolute atomic E-state index is 13.7. The Hall–Kier alpha value is -3.49. The van der Waals surface area contributed by atoms with Gasteiger partial charge in [0.05, 0.1) is 24.1 Å². The van der Waals surface area contributed by atoms with E-state index in [1.54, 1.807) is 36.4 Å². The van der Waals surface area contributed by atoms with Gasteiger partial charge in [0.2, 0.25) is 15.9 Å². The van der Waals surface area contributed by atoms with Crippen molar-refractivity contribution in [2.45, 2.75) is 30.7 Å². The van der Waals surface area contributed by atoms with Crippen molar-refractivity contribution in [2.75, 3.05) is 18.6 Å². The van der Waals surface area contributed by atoms with Crippen LogP contribution in [0.1, 0.15) is 17.5 Å². The third kappa shape index (κ3) is 4.73. The molecule has 176 valence electrons. The van der Waals surface area contributed by atoms with Crippen molar-refractivity contribution < 1.29 is 22.7 Å². The van der Waals surface area contributed by atoms with Crippen LogP contribution in [-0.4, -0.2) is 44.2 Å². The van der Waals surface area contributed by atoms with Crippen LogP contribution in [0.5, 0.6) is 5.75 Å². The quantitative estimate of drug-likeness (QED) is 0.462. The molecule has 1 atom stereocenters. The molecule has 3 aromatic carbocycles. The number of methoxy groups -OCH3 is 1. The predicted molar refractivity (Wildman–Crippen MR) is 129 cm³/mol. The molecule has 1 fully saturated rings. The molecule has 3 aromatic rings. The van der Waals surface area contributed by atoms with Crippen LogP contribution in [0, 0.1) is 6.92 Å². The summed E-state index contributed by atoms with van der Waals surface area (Å²) in [7, 11) is -2.50. The first kappa shape index (κ1) is 23.7. The van der Waals surface area contributed by atoms with E-state index in [0.717, 1.165) is 16.0 Å². The number of anilines is 1. The minimum atomic E-state index is -4.03.